The Morgan fingerprint density at radius 1 is 1.14 bits per heavy atom. The third-order valence-corrected chi connectivity index (χ3v) is 4.43. The van der Waals surface area contributed by atoms with E-state index in [2.05, 4.69) is 22.0 Å². The number of ether oxygens (including phenoxy) is 2. The number of carbonyl (C=O) groups excluding carboxylic acids is 1. The number of methoxy groups -OCH3 is 1. The summed E-state index contributed by atoms with van der Waals surface area (Å²) in [6.45, 7) is 0. The summed E-state index contributed by atoms with van der Waals surface area (Å²) in [5.74, 6) is 0.00173. The summed E-state index contributed by atoms with van der Waals surface area (Å²) >= 11 is 9.03. The average molecular weight is 459 g/mol. The first-order valence-corrected chi connectivity index (χ1v) is 9.20. The van der Waals surface area contributed by atoms with Crippen LogP contribution in [0.5, 0.6) is 11.5 Å². The van der Waals surface area contributed by atoms with E-state index in [0.717, 1.165) is 5.56 Å². The number of halogens is 2. The highest BCUT2D eigenvalue weighted by atomic mass is 79.9. The molecule has 0 aliphatic rings. The van der Waals surface area contributed by atoms with E-state index in [1.807, 2.05) is 0 Å². The van der Waals surface area contributed by atoms with Crippen LogP contribution in [0.4, 0.5) is 0 Å². The lowest BCUT2D eigenvalue weighted by Crippen LogP contribution is -2.08. The lowest BCUT2D eigenvalue weighted by atomic mass is 10.0. The first-order valence-electron chi connectivity index (χ1n) is 8.03. The van der Waals surface area contributed by atoms with Gasteiger partial charge in [-0.1, -0.05) is 29.8 Å². The molecule has 3 aromatic rings. The van der Waals surface area contributed by atoms with Crippen LogP contribution in [0.1, 0.15) is 21.7 Å². The van der Waals surface area contributed by atoms with Crippen molar-refractivity contribution in [2.45, 2.75) is 0 Å². The molecular formula is C21H13BrClNO4. The molecule has 0 spiro atoms. The monoisotopic (exact) mass is 457 g/mol. The van der Waals surface area contributed by atoms with Crippen LogP contribution in [0.25, 0.3) is 11.6 Å². The molecule has 0 amide bonds. The molecule has 0 aliphatic carbocycles. The Morgan fingerprint density at radius 2 is 1.89 bits per heavy atom. The number of rotatable bonds is 5. The van der Waals surface area contributed by atoms with Gasteiger partial charge in [0.2, 0.25) is 5.76 Å². The fourth-order valence-corrected chi connectivity index (χ4v) is 2.84. The molecule has 0 atom stereocenters. The van der Waals surface area contributed by atoms with E-state index >= 15 is 0 Å². The number of carbonyl (C=O) groups is 1. The van der Waals surface area contributed by atoms with Gasteiger partial charge in [-0.3, -0.25) is 0 Å². The first kappa shape index (κ1) is 19.7. The minimum Gasteiger partial charge on any atom is -0.493 e. The number of furan rings is 1. The summed E-state index contributed by atoms with van der Waals surface area (Å²) in [6, 6.07) is 17.2. The molecule has 28 heavy (non-hydrogen) atoms. The van der Waals surface area contributed by atoms with Crippen molar-refractivity contribution in [3.05, 3.63) is 81.2 Å². The van der Waals surface area contributed by atoms with Gasteiger partial charge in [0.15, 0.2) is 16.2 Å². The molecule has 0 saturated heterocycles. The van der Waals surface area contributed by atoms with Crippen molar-refractivity contribution >= 4 is 45.1 Å². The standard InChI is InChI=1S/C21H13BrClNO4/c1-26-19-11-13(10-15(12-24)14-3-5-16(23)6-4-14)2-7-17(19)28-21(25)18-8-9-20(22)27-18/h2-11H,1H3/b15-10+. The molecule has 0 fully saturated rings. The van der Waals surface area contributed by atoms with Crippen LogP contribution in [0.3, 0.4) is 0 Å². The molecule has 1 aromatic heterocycles. The molecule has 1 heterocycles. The summed E-state index contributed by atoms with van der Waals surface area (Å²) in [6.07, 6.45) is 1.71. The van der Waals surface area contributed by atoms with Crippen LogP contribution in [0.15, 0.2) is 63.7 Å². The fourth-order valence-electron chi connectivity index (χ4n) is 2.41. The highest BCUT2D eigenvalue weighted by molar-refractivity contribution is 9.10. The number of benzene rings is 2. The highest BCUT2D eigenvalue weighted by Crippen LogP contribution is 2.31. The Balaban J connectivity index is 1.87. The Labute approximate surface area is 174 Å². The topological polar surface area (TPSA) is 72.5 Å². The zero-order valence-electron chi connectivity index (χ0n) is 14.6. The molecular weight excluding hydrogens is 446 g/mol. The predicted molar refractivity (Wildman–Crippen MR) is 109 cm³/mol. The quantitative estimate of drug-likeness (QED) is 0.203. The van der Waals surface area contributed by atoms with E-state index in [4.69, 9.17) is 25.5 Å². The number of esters is 1. The second kappa shape index (κ2) is 8.79. The van der Waals surface area contributed by atoms with Crippen molar-refractivity contribution in [2.24, 2.45) is 0 Å². The van der Waals surface area contributed by atoms with Crippen molar-refractivity contribution in [1.29, 1.82) is 5.26 Å². The largest absolute Gasteiger partial charge is 0.493 e. The highest BCUT2D eigenvalue weighted by Gasteiger charge is 2.16. The summed E-state index contributed by atoms with van der Waals surface area (Å²) in [7, 11) is 1.47. The SMILES string of the molecule is COc1cc(/C=C(\C#N)c2ccc(Cl)cc2)ccc1OC(=O)c1ccc(Br)o1. The molecule has 140 valence electrons. The van der Waals surface area contributed by atoms with Crippen LogP contribution in [-0.2, 0) is 0 Å². The summed E-state index contributed by atoms with van der Waals surface area (Å²) in [5, 5.41) is 10.1. The number of hydrogen-bond acceptors (Lipinski definition) is 5. The van der Waals surface area contributed by atoms with E-state index in [9.17, 15) is 10.1 Å². The maximum Gasteiger partial charge on any atom is 0.379 e. The Hall–Kier alpha value is -3.01. The van der Waals surface area contributed by atoms with Gasteiger partial charge in [0.1, 0.15) is 0 Å². The minimum absolute atomic E-state index is 0.0624. The van der Waals surface area contributed by atoms with Gasteiger partial charge in [-0.2, -0.15) is 5.26 Å². The Kier molecular flexibility index (Phi) is 6.19. The third kappa shape index (κ3) is 4.63. The van der Waals surface area contributed by atoms with Crippen LogP contribution in [0, 0.1) is 11.3 Å². The predicted octanol–water partition coefficient (Wildman–Crippen LogP) is 5.99. The summed E-state index contributed by atoms with van der Waals surface area (Å²) < 4.78 is 16.3. The van der Waals surface area contributed by atoms with Gasteiger partial charge in [0.05, 0.1) is 18.8 Å². The molecule has 7 heteroatoms. The van der Waals surface area contributed by atoms with Gasteiger partial charge in [-0.05, 0) is 69.5 Å². The first-order chi connectivity index (χ1) is 13.5. The number of nitrogens with zero attached hydrogens (tertiary/aromatic N) is 1. The number of nitriles is 1. The van der Waals surface area contributed by atoms with Crippen LogP contribution in [0.2, 0.25) is 5.02 Å². The Morgan fingerprint density at radius 3 is 2.50 bits per heavy atom. The van der Waals surface area contributed by atoms with Gasteiger partial charge >= 0.3 is 5.97 Å². The average Bonchev–Trinajstić information content (AvgIpc) is 3.14. The summed E-state index contributed by atoms with van der Waals surface area (Å²) in [5.41, 5.74) is 1.91. The van der Waals surface area contributed by atoms with Gasteiger partial charge in [-0.25, -0.2) is 4.79 Å². The zero-order valence-corrected chi connectivity index (χ0v) is 17.0. The molecule has 0 radical (unpaired) electrons. The van der Waals surface area contributed by atoms with E-state index in [0.29, 0.717) is 26.6 Å². The molecule has 0 unspecified atom stereocenters. The molecule has 0 N–H and O–H groups in total. The van der Waals surface area contributed by atoms with Crippen LogP contribution in [-0.4, -0.2) is 13.1 Å². The van der Waals surface area contributed by atoms with Crippen molar-refractivity contribution in [3.63, 3.8) is 0 Å². The van der Waals surface area contributed by atoms with Gasteiger partial charge < -0.3 is 13.9 Å². The van der Waals surface area contributed by atoms with E-state index < -0.39 is 5.97 Å². The Bertz CT molecular complexity index is 1080. The van der Waals surface area contributed by atoms with Gasteiger partial charge in [-0.15, -0.1) is 0 Å². The van der Waals surface area contributed by atoms with Crippen LogP contribution >= 0.6 is 27.5 Å². The van der Waals surface area contributed by atoms with Crippen molar-refractivity contribution in [3.8, 4) is 17.6 Å². The molecule has 0 aliphatic heterocycles. The van der Waals surface area contributed by atoms with Crippen molar-refractivity contribution < 1.29 is 18.7 Å². The lowest BCUT2D eigenvalue weighted by Gasteiger charge is -2.09. The molecule has 0 saturated carbocycles. The van der Waals surface area contributed by atoms with E-state index in [1.165, 1.54) is 13.2 Å². The minimum atomic E-state index is -0.647. The number of hydrogen-bond donors (Lipinski definition) is 0. The molecule has 2 aromatic carbocycles. The van der Waals surface area contributed by atoms with E-state index in [1.54, 1.807) is 54.6 Å². The zero-order chi connectivity index (χ0) is 20.1. The second-order valence-corrected chi connectivity index (χ2v) is 6.80. The molecule has 3 rings (SSSR count). The maximum atomic E-state index is 12.2. The molecule has 0 bridgehead atoms. The van der Waals surface area contributed by atoms with Crippen LogP contribution < -0.4 is 9.47 Å². The van der Waals surface area contributed by atoms with Crippen molar-refractivity contribution in [2.75, 3.05) is 7.11 Å². The second-order valence-electron chi connectivity index (χ2n) is 5.58. The third-order valence-electron chi connectivity index (χ3n) is 3.75. The fraction of sp³-hybridized carbons (Fsp3) is 0.0476. The van der Waals surface area contributed by atoms with Gasteiger partial charge in [0, 0.05) is 5.02 Å². The maximum absolute atomic E-state index is 12.2. The van der Waals surface area contributed by atoms with Gasteiger partial charge in [0.25, 0.3) is 0 Å². The summed E-state index contributed by atoms with van der Waals surface area (Å²) in [4.78, 5) is 12.2. The molecule has 5 nitrogen and oxygen atoms in total. The van der Waals surface area contributed by atoms with E-state index in [-0.39, 0.29) is 11.5 Å². The van der Waals surface area contributed by atoms with Crippen molar-refractivity contribution in [1.82, 2.24) is 0 Å². The number of allylic oxidation sites excluding steroid dienone is 1. The normalized spacial score (nSPS) is 11.0. The lowest BCUT2D eigenvalue weighted by molar-refractivity contribution is 0.0695. The smallest absolute Gasteiger partial charge is 0.379 e.